The van der Waals surface area contributed by atoms with Crippen molar-refractivity contribution in [3.8, 4) is 0 Å². The molecule has 94 valence electrons. The van der Waals surface area contributed by atoms with Gasteiger partial charge in [-0.05, 0) is 5.56 Å². The van der Waals surface area contributed by atoms with Crippen molar-refractivity contribution in [3.63, 3.8) is 0 Å². The van der Waals surface area contributed by atoms with Gasteiger partial charge in [0.05, 0.1) is 20.1 Å². The first-order valence-corrected chi connectivity index (χ1v) is 5.59. The molecule has 0 saturated carbocycles. The van der Waals surface area contributed by atoms with Gasteiger partial charge in [0, 0.05) is 19.7 Å². The number of rotatable bonds is 7. The summed E-state index contributed by atoms with van der Waals surface area (Å²) in [6.07, 6.45) is 0.317. The molecule has 0 aliphatic carbocycles. The highest BCUT2D eigenvalue weighted by molar-refractivity contribution is 5.69. The van der Waals surface area contributed by atoms with E-state index in [2.05, 4.69) is 10.1 Å². The normalized spacial score (nSPS) is 12.1. The molecular formula is C13H19NO3. The van der Waals surface area contributed by atoms with E-state index in [4.69, 9.17) is 4.74 Å². The predicted molar refractivity (Wildman–Crippen MR) is 65.6 cm³/mol. The lowest BCUT2D eigenvalue weighted by Gasteiger charge is -2.16. The zero-order chi connectivity index (χ0) is 12.5. The third kappa shape index (κ3) is 5.47. The van der Waals surface area contributed by atoms with Crippen LogP contribution in [0.5, 0.6) is 0 Å². The maximum Gasteiger partial charge on any atom is 0.307 e. The molecule has 0 spiro atoms. The summed E-state index contributed by atoms with van der Waals surface area (Å²) in [5, 5.41) is 3.28. The van der Waals surface area contributed by atoms with Gasteiger partial charge in [-0.15, -0.1) is 0 Å². The van der Waals surface area contributed by atoms with E-state index >= 15 is 0 Å². The summed E-state index contributed by atoms with van der Waals surface area (Å²) in [6, 6.07) is 10.0. The molecule has 4 nitrogen and oxygen atoms in total. The van der Waals surface area contributed by atoms with Gasteiger partial charge < -0.3 is 14.8 Å². The summed E-state index contributed by atoms with van der Waals surface area (Å²) < 4.78 is 9.71. The summed E-state index contributed by atoms with van der Waals surface area (Å²) >= 11 is 0. The fraction of sp³-hybridized carbons (Fsp3) is 0.462. The molecule has 0 amide bonds. The highest BCUT2D eigenvalue weighted by Gasteiger charge is 2.13. The molecule has 4 heteroatoms. The maximum absolute atomic E-state index is 11.2. The van der Waals surface area contributed by atoms with E-state index in [1.54, 1.807) is 7.11 Å². The number of carbonyl (C=O) groups is 1. The van der Waals surface area contributed by atoms with Crippen LogP contribution >= 0.6 is 0 Å². The summed E-state index contributed by atoms with van der Waals surface area (Å²) in [7, 11) is 3.01. The molecule has 0 fully saturated rings. The second kappa shape index (κ2) is 7.81. The molecule has 1 rings (SSSR count). The van der Waals surface area contributed by atoms with Crippen LogP contribution in [0.25, 0.3) is 0 Å². The monoisotopic (exact) mass is 237 g/mol. The highest BCUT2D eigenvalue weighted by Crippen LogP contribution is 2.01. The van der Waals surface area contributed by atoms with Crippen LogP contribution in [-0.2, 0) is 20.8 Å². The molecule has 0 bridgehead atoms. The molecule has 1 aromatic rings. The Labute approximate surface area is 102 Å². The summed E-state index contributed by atoms with van der Waals surface area (Å²) in [6.45, 7) is 1.20. The fourth-order valence-corrected chi connectivity index (χ4v) is 1.53. The van der Waals surface area contributed by atoms with Crippen LogP contribution < -0.4 is 5.32 Å². The van der Waals surface area contributed by atoms with Crippen molar-refractivity contribution in [1.82, 2.24) is 5.32 Å². The first kappa shape index (κ1) is 13.7. The molecular weight excluding hydrogens is 218 g/mol. The van der Waals surface area contributed by atoms with E-state index in [0.29, 0.717) is 19.6 Å². The van der Waals surface area contributed by atoms with Crippen LogP contribution in [0.3, 0.4) is 0 Å². The van der Waals surface area contributed by atoms with Crippen LogP contribution in [0, 0.1) is 0 Å². The van der Waals surface area contributed by atoms with Gasteiger partial charge in [-0.2, -0.15) is 0 Å². The van der Waals surface area contributed by atoms with E-state index in [9.17, 15) is 4.79 Å². The van der Waals surface area contributed by atoms with Gasteiger partial charge in [-0.3, -0.25) is 4.79 Å². The van der Waals surface area contributed by atoms with Crippen molar-refractivity contribution in [2.45, 2.75) is 19.0 Å². The number of methoxy groups -OCH3 is 2. The molecule has 0 aliphatic rings. The van der Waals surface area contributed by atoms with Crippen LogP contribution in [0.1, 0.15) is 12.0 Å². The topological polar surface area (TPSA) is 47.6 Å². The standard InChI is InChI=1S/C13H19NO3/c1-16-10-12(8-13(15)17-2)14-9-11-6-4-3-5-7-11/h3-7,12,14H,8-10H2,1-2H3. The van der Waals surface area contributed by atoms with E-state index in [0.717, 1.165) is 0 Å². The summed E-state index contributed by atoms with van der Waals surface area (Å²) in [5.41, 5.74) is 1.18. The van der Waals surface area contributed by atoms with Crippen molar-refractivity contribution < 1.29 is 14.3 Å². The lowest BCUT2D eigenvalue weighted by molar-refractivity contribution is -0.141. The number of hydrogen-bond donors (Lipinski definition) is 1. The summed E-state index contributed by atoms with van der Waals surface area (Å²) in [4.78, 5) is 11.2. The van der Waals surface area contributed by atoms with Crippen LogP contribution in [0.4, 0.5) is 0 Å². The van der Waals surface area contributed by atoms with Gasteiger partial charge in [0.15, 0.2) is 0 Å². The Morgan fingerprint density at radius 2 is 2.00 bits per heavy atom. The molecule has 0 aliphatic heterocycles. The van der Waals surface area contributed by atoms with Gasteiger partial charge in [0.2, 0.25) is 0 Å². The van der Waals surface area contributed by atoms with Crippen LogP contribution in [0.15, 0.2) is 30.3 Å². The second-order valence-electron chi connectivity index (χ2n) is 3.80. The van der Waals surface area contributed by atoms with Gasteiger partial charge in [-0.25, -0.2) is 0 Å². The van der Waals surface area contributed by atoms with Crippen molar-refractivity contribution >= 4 is 5.97 Å². The Morgan fingerprint density at radius 1 is 1.29 bits per heavy atom. The molecule has 0 heterocycles. The van der Waals surface area contributed by atoms with E-state index in [1.807, 2.05) is 30.3 Å². The average Bonchev–Trinajstić information content (AvgIpc) is 2.37. The Hall–Kier alpha value is -1.39. The van der Waals surface area contributed by atoms with E-state index in [-0.39, 0.29) is 12.0 Å². The Bertz CT molecular complexity index is 327. The van der Waals surface area contributed by atoms with Gasteiger partial charge >= 0.3 is 5.97 Å². The zero-order valence-corrected chi connectivity index (χ0v) is 10.3. The maximum atomic E-state index is 11.2. The Balaban J connectivity index is 2.41. The van der Waals surface area contributed by atoms with Crippen LogP contribution in [0.2, 0.25) is 0 Å². The molecule has 1 aromatic carbocycles. The first-order chi connectivity index (χ1) is 8.26. The minimum absolute atomic E-state index is 0.0207. The molecule has 17 heavy (non-hydrogen) atoms. The molecule has 0 aromatic heterocycles. The van der Waals surface area contributed by atoms with Gasteiger partial charge in [0.1, 0.15) is 0 Å². The Kier molecular flexibility index (Phi) is 6.29. The summed E-state index contributed by atoms with van der Waals surface area (Å²) in [5.74, 6) is -0.229. The lowest BCUT2D eigenvalue weighted by atomic mass is 10.2. The van der Waals surface area contributed by atoms with E-state index in [1.165, 1.54) is 12.7 Å². The Morgan fingerprint density at radius 3 is 2.59 bits per heavy atom. The number of ether oxygens (including phenoxy) is 2. The van der Waals surface area contributed by atoms with Crippen molar-refractivity contribution in [3.05, 3.63) is 35.9 Å². The molecule has 0 saturated heterocycles. The fourth-order valence-electron chi connectivity index (χ4n) is 1.53. The molecule has 1 atom stereocenters. The SMILES string of the molecule is COCC(CC(=O)OC)NCc1ccccc1. The molecule has 0 radical (unpaired) electrons. The number of esters is 1. The minimum atomic E-state index is -0.229. The van der Waals surface area contributed by atoms with Crippen molar-refractivity contribution in [1.29, 1.82) is 0 Å². The lowest BCUT2D eigenvalue weighted by Crippen LogP contribution is -2.35. The minimum Gasteiger partial charge on any atom is -0.469 e. The number of benzene rings is 1. The number of hydrogen-bond acceptors (Lipinski definition) is 4. The molecule has 1 unspecified atom stereocenters. The third-order valence-corrected chi connectivity index (χ3v) is 2.45. The predicted octanol–water partition coefficient (Wildman–Crippen LogP) is 1.35. The zero-order valence-electron chi connectivity index (χ0n) is 10.3. The third-order valence-electron chi connectivity index (χ3n) is 2.45. The van der Waals surface area contributed by atoms with Gasteiger partial charge in [-0.1, -0.05) is 30.3 Å². The van der Waals surface area contributed by atoms with Gasteiger partial charge in [0.25, 0.3) is 0 Å². The smallest absolute Gasteiger partial charge is 0.307 e. The van der Waals surface area contributed by atoms with Crippen LogP contribution in [-0.4, -0.2) is 32.8 Å². The quantitative estimate of drug-likeness (QED) is 0.727. The average molecular weight is 237 g/mol. The van der Waals surface area contributed by atoms with Crippen molar-refractivity contribution in [2.24, 2.45) is 0 Å². The first-order valence-electron chi connectivity index (χ1n) is 5.59. The second-order valence-corrected chi connectivity index (χ2v) is 3.80. The largest absolute Gasteiger partial charge is 0.469 e. The molecule has 1 N–H and O–H groups in total. The van der Waals surface area contributed by atoms with E-state index < -0.39 is 0 Å². The van der Waals surface area contributed by atoms with Crippen molar-refractivity contribution in [2.75, 3.05) is 20.8 Å². The number of carbonyl (C=O) groups excluding carboxylic acids is 1. The highest BCUT2D eigenvalue weighted by atomic mass is 16.5. The number of nitrogens with one attached hydrogen (secondary N) is 1.